The first kappa shape index (κ1) is 13.0. The number of rotatable bonds is 0. The molecule has 0 aliphatic carbocycles. The summed E-state index contributed by atoms with van der Waals surface area (Å²) in [7, 11) is 0. The second-order valence-corrected chi connectivity index (χ2v) is 3.81. The first-order chi connectivity index (χ1) is 8.98. The van der Waals surface area contributed by atoms with Crippen molar-refractivity contribution in [1.29, 1.82) is 0 Å². The summed E-state index contributed by atoms with van der Waals surface area (Å²) in [6.07, 6.45) is -4.63. The molecular weight excluding hydrogens is 253 g/mol. The fourth-order valence-electron chi connectivity index (χ4n) is 1.60. The number of phenolic OH excluding ortho intramolecular Hbond substituents is 1. The molecule has 19 heavy (non-hydrogen) atoms. The third-order valence-corrected chi connectivity index (χ3v) is 2.44. The van der Waals surface area contributed by atoms with E-state index in [-0.39, 0.29) is 5.56 Å². The molecule has 0 heterocycles. The van der Waals surface area contributed by atoms with E-state index in [0.717, 1.165) is 6.07 Å². The van der Waals surface area contributed by atoms with E-state index in [9.17, 15) is 18.3 Å². The van der Waals surface area contributed by atoms with E-state index >= 15 is 0 Å². The summed E-state index contributed by atoms with van der Waals surface area (Å²) in [5.74, 6) is 4.27. The van der Waals surface area contributed by atoms with Crippen LogP contribution in [0, 0.1) is 11.8 Å². The van der Waals surface area contributed by atoms with Crippen LogP contribution in [-0.4, -0.2) is 5.11 Å². The SMILES string of the molecule is Oc1cccc(C#Cc2ccccc2)c1C(F)(F)F. The maximum Gasteiger partial charge on any atom is 0.421 e. The van der Waals surface area contributed by atoms with Gasteiger partial charge in [-0.2, -0.15) is 13.2 Å². The van der Waals surface area contributed by atoms with E-state index in [0.29, 0.717) is 5.56 Å². The van der Waals surface area contributed by atoms with Gasteiger partial charge in [-0.25, -0.2) is 0 Å². The van der Waals surface area contributed by atoms with Crippen LogP contribution in [0.1, 0.15) is 16.7 Å². The summed E-state index contributed by atoms with van der Waals surface area (Å²) < 4.78 is 38.4. The second-order valence-electron chi connectivity index (χ2n) is 3.81. The Morgan fingerprint density at radius 3 is 2.16 bits per heavy atom. The molecule has 2 aromatic carbocycles. The smallest absolute Gasteiger partial charge is 0.421 e. The quantitative estimate of drug-likeness (QED) is 0.716. The van der Waals surface area contributed by atoms with E-state index in [4.69, 9.17) is 0 Å². The minimum Gasteiger partial charge on any atom is -0.507 e. The lowest BCUT2D eigenvalue weighted by atomic mass is 10.1. The van der Waals surface area contributed by atoms with Gasteiger partial charge in [-0.1, -0.05) is 36.1 Å². The van der Waals surface area contributed by atoms with Crippen molar-refractivity contribution in [2.75, 3.05) is 0 Å². The summed E-state index contributed by atoms with van der Waals surface area (Å²) in [4.78, 5) is 0. The molecule has 2 aromatic rings. The number of alkyl halides is 3. The highest BCUT2D eigenvalue weighted by Crippen LogP contribution is 2.37. The van der Waals surface area contributed by atoms with Crippen molar-refractivity contribution in [3.05, 3.63) is 65.2 Å². The molecule has 0 unspecified atom stereocenters. The van der Waals surface area contributed by atoms with Gasteiger partial charge in [-0.3, -0.25) is 0 Å². The summed E-state index contributed by atoms with van der Waals surface area (Å²) in [6, 6.07) is 12.2. The van der Waals surface area contributed by atoms with Crippen LogP contribution in [-0.2, 0) is 6.18 Å². The molecule has 0 saturated carbocycles. The molecule has 0 saturated heterocycles. The highest BCUT2D eigenvalue weighted by molar-refractivity contribution is 5.52. The normalized spacial score (nSPS) is 10.7. The fourth-order valence-corrected chi connectivity index (χ4v) is 1.60. The number of phenols is 1. The number of halogens is 3. The number of hydrogen-bond donors (Lipinski definition) is 1. The van der Waals surface area contributed by atoms with Gasteiger partial charge in [0, 0.05) is 11.1 Å². The Bertz CT molecular complexity index is 634. The Morgan fingerprint density at radius 2 is 1.53 bits per heavy atom. The molecular formula is C15H9F3O. The van der Waals surface area contributed by atoms with Gasteiger partial charge in [0.2, 0.25) is 0 Å². The average molecular weight is 262 g/mol. The van der Waals surface area contributed by atoms with Gasteiger partial charge in [0.15, 0.2) is 0 Å². The predicted molar refractivity (Wildman–Crippen MR) is 65.5 cm³/mol. The van der Waals surface area contributed by atoms with Gasteiger partial charge in [-0.15, -0.1) is 0 Å². The van der Waals surface area contributed by atoms with Crippen molar-refractivity contribution in [2.24, 2.45) is 0 Å². The van der Waals surface area contributed by atoms with Crippen LogP contribution >= 0.6 is 0 Å². The number of benzene rings is 2. The highest BCUT2D eigenvalue weighted by Gasteiger charge is 2.36. The molecule has 1 N–H and O–H groups in total. The van der Waals surface area contributed by atoms with Crippen LogP contribution in [0.5, 0.6) is 5.75 Å². The van der Waals surface area contributed by atoms with Crippen LogP contribution in [0.2, 0.25) is 0 Å². The van der Waals surface area contributed by atoms with Crippen molar-refractivity contribution in [3.8, 4) is 17.6 Å². The summed E-state index contributed by atoms with van der Waals surface area (Å²) >= 11 is 0. The fraction of sp³-hybridized carbons (Fsp3) is 0.0667. The van der Waals surface area contributed by atoms with E-state index in [2.05, 4.69) is 11.8 Å². The summed E-state index contributed by atoms with van der Waals surface area (Å²) in [5, 5.41) is 9.34. The van der Waals surface area contributed by atoms with Crippen molar-refractivity contribution >= 4 is 0 Å². The highest BCUT2D eigenvalue weighted by atomic mass is 19.4. The van der Waals surface area contributed by atoms with Crippen LogP contribution in [0.15, 0.2) is 48.5 Å². The largest absolute Gasteiger partial charge is 0.507 e. The number of hydrogen-bond acceptors (Lipinski definition) is 1. The zero-order valence-electron chi connectivity index (χ0n) is 9.70. The lowest BCUT2D eigenvalue weighted by molar-refractivity contribution is -0.138. The molecule has 0 aromatic heterocycles. The summed E-state index contributed by atoms with van der Waals surface area (Å²) in [5.41, 5.74) is -0.728. The lowest BCUT2D eigenvalue weighted by Crippen LogP contribution is -2.08. The molecule has 96 valence electrons. The monoisotopic (exact) mass is 262 g/mol. The molecule has 1 nitrogen and oxygen atoms in total. The predicted octanol–water partition coefficient (Wildman–Crippen LogP) is 3.81. The molecule has 0 atom stereocenters. The Kier molecular flexibility index (Phi) is 3.48. The Labute approximate surface area is 108 Å². The number of aromatic hydroxyl groups is 1. The third-order valence-electron chi connectivity index (χ3n) is 2.44. The summed E-state index contributed by atoms with van der Waals surface area (Å²) in [6.45, 7) is 0. The third kappa shape index (κ3) is 3.08. The van der Waals surface area contributed by atoms with Gasteiger partial charge >= 0.3 is 6.18 Å². The topological polar surface area (TPSA) is 20.2 Å². The molecule has 0 bridgehead atoms. The average Bonchev–Trinajstić information content (AvgIpc) is 2.36. The van der Waals surface area contributed by atoms with E-state index in [1.807, 2.05) is 0 Å². The molecule has 0 amide bonds. The van der Waals surface area contributed by atoms with Crippen molar-refractivity contribution in [2.45, 2.75) is 6.18 Å². The maximum atomic E-state index is 12.8. The van der Waals surface area contributed by atoms with Gasteiger partial charge < -0.3 is 5.11 Å². The van der Waals surface area contributed by atoms with Crippen LogP contribution in [0.3, 0.4) is 0 Å². The van der Waals surface area contributed by atoms with Gasteiger partial charge in [0.1, 0.15) is 11.3 Å². The first-order valence-corrected chi connectivity index (χ1v) is 5.45. The standard InChI is InChI=1S/C15H9F3O/c16-15(17,18)14-12(7-4-8-13(14)19)10-9-11-5-2-1-3-6-11/h1-8,19H. The van der Waals surface area contributed by atoms with Gasteiger partial charge in [0.25, 0.3) is 0 Å². The molecule has 4 heteroatoms. The lowest BCUT2D eigenvalue weighted by Gasteiger charge is -2.10. The maximum absolute atomic E-state index is 12.8. The van der Waals surface area contributed by atoms with Crippen LogP contribution in [0.25, 0.3) is 0 Å². The van der Waals surface area contributed by atoms with E-state index in [1.54, 1.807) is 30.3 Å². The molecule has 0 fully saturated rings. The molecule has 0 aliphatic rings. The van der Waals surface area contributed by atoms with Gasteiger partial charge in [-0.05, 0) is 24.3 Å². The van der Waals surface area contributed by atoms with Crippen LogP contribution < -0.4 is 0 Å². The zero-order valence-corrected chi connectivity index (χ0v) is 9.70. The molecule has 0 aliphatic heterocycles. The minimum absolute atomic E-state index is 0.239. The van der Waals surface area contributed by atoms with E-state index < -0.39 is 17.5 Å². The molecule has 2 rings (SSSR count). The van der Waals surface area contributed by atoms with Crippen molar-refractivity contribution in [3.63, 3.8) is 0 Å². The Morgan fingerprint density at radius 1 is 0.842 bits per heavy atom. The Balaban J connectivity index is 2.48. The zero-order chi connectivity index (χ0) is 13.9. The second kappa shape index (κ2) is 5.07. The minimum atomic E-state index is -4.63. The van der Waals surface area contributed by atoms with Gasteiger partial charge in [0.05, 0.1) is 0 Å². The molecule has 0 spiro atoms. The van der Waals surface area contributed by atoms with Crippen molar-refractivity contribution in [1.82, 2.24) is 0 Å². The van der Waals surface area contributed by atoms with E-state index in [1.165, 1.54) is 12.1 Å². The van der Waals surface area contributed by atoms with Crippen molar-refractivity contribution < 1.29 is 18.3 Å². The van der Waals surface area contributed by atoms with Crippen LogP contribution in [0.4, 0.5) is 13.2 Å². The molecule has 0 radical (unpaired) electrons. The first-order valence-electron chi connectivity index (χ1n) is 5.45. The Hall–Kier alpha value is -2.41.